The molecule has 3 rings (SSSR count). The fourth-order valence-corrected chi connectivity index (χ4v) is 8.57. The van der Waals surface area contributed by atoms with Crippen molar-refractivity contribution < 1.29 is 17.9 Å². The molecule has 3 unspecified atom stereocenters. The highest BCUT2D eigenvalue weighted by atomic mass is 35.5. The molecule has 0 radical (unpaired) electrons. The number of halogens is 3. The van der Waals surface area contributed by atoms with E-state index < -0.39 is 21.0 Å². The van der Waals surface area contributed by atoms with Gasteiger partial charge in [0.1, 0.15) is 5.75 Å². The summed E-state index contributed by atoms with van der Waals surface area (Å²) >= 11 is 6.51. The summed E-state index contributed by atoms with van der Waals surface area (Å²) in [6.45, 7) is 8.86. The number of hydrogen-bond acceptors (Lipinski definition) is 3. The Bertz CT molecular complexity index is 707. The molecule has 0 heterocycles. The van der Waals surface area contributed by atoms with E-state index in [1.165, 1.54) is 12.8 Å². The molecule has 30 heavy (non-hydrogen) atoms. The molecule has 1 aromatic rings. The Hall–Kier alpha value is -0.693. The van der Waals surface area contributed by atoms with E-state index in [9.17, 15) is 8.78 Å². The molecule has 2 aliphatic carbocycles. The maximum absolute atomic E-state index is 13.1. The van der Waals surface area contributed by atoms with Gasteiger partial charge in [-0.1, -0.05) is 52.3 Å². The number of nitrogens with one attached hydrogen (secondary N) is 1. The zero-order valence-electron chi connectivity index (χ0n) is 18.8. The zero-order chi connectivity index (χ0) is 22.1. The van der Waals surface area contributed by atoms with Gasteiger partial charge in [-0.25, -0.2) is 0 Å². The molecule has 3 atom stereocenters. The molecule has 2 fully saturated rings. The highest BCUT2D eigenvalue weighted by Crippen LogP contribution is 2.66. The number of hydrogen-bond donors (Lipinski definition) is 1. The second kappa shape index (κ2) is 9.43. The molecule has 2 saturated carbocycles. The Balaban J connectivity index is 1.81. The lowest BCUT2D eigenvalue weighted by molar-refractivity contribution is -0.0514. The summed E-state index contributed by atoms with van der Waals surface area (Å²) < 4.78 is 37.8. The number of alkyl halides is 2. The SMILES string of the molecule is CC[Si](CC)(CC)OC(CNC1CC2C(C1)C2(C)C)c1c(Cl)cccc1OC(F)F. The van der Waals surface area contributed by atoms with Crippen molar-refractivity contribution in [3.63, 3.8) is 0 Å². The Morgan fingerprint density at radius 2 is 1.73 bits per heavy atom. The van der Waals surface area contributed by atoms with Gasteiger partial charge in [-0.3, -0.25) is 0 Å². The van der Waals surface area contributed by atoms with E-state index in [0.717, 1.165) is 30.0 Å². The average Bonchev–Trinajstić information content (AvgIpc) is 3.04. The van der Waals surface area contributed by atoms with Crippen LogP contribution in [0.25, 0.3) is 0 Å². The van der Waals surface area contributed by atoms with Crippen molar-refractivity contribution in [2.24, 2.45) is 17.3 Å². The van der Waals surface area contributed by atoms with Crippen LogP contribution in [0.2, 0.25) is 23.2 Å². The number of fused-ring (bicyclic) bond motifs is 1. The first-order valence-electron chi connectivity index (χ1n) is 11.3. The number of ether oxygens (including phenoxy) is 1. The lowest BCUT2D eigenvalue weighted by Crippen LogP contribution is -2.41. The van der Waals surface area contributed by atoms with E-state index in [-0.39, 0.29) is 5.75 Å². The Morgan fingerprint density at radius 3 is 2.27 bits per heavy atom. The van der Waals surface area contributed by atoms with Crippen molar-refractivity contribution >= 4 is 19.9 Å². The fourth-order valence-electron chi connectivity index (χ4n) is 5.48. The van der Waals surface area contributed by atoms with Gasteiger partial charge >= 0.3 is 6.61 Å². The van der Waals surface area contributed by atoms with Gasteiger partial charge in [-0.2, -0.15) is 8.78 Å². The molecule has 170 valence electrons. The van der Waals surface area contributed by atoms with Gasteiger partial charge < -0.3 is 14.5 Å². The van der Waals surface area contributed by atoms with Gasteiger partial charge in [0.15, 0.2) is 8.32 Å². The molecule has 2 aliphatic rings. The van der Waals surface area contributed by atoms with Crippen molar-refractivity contribution in [2.75, 3.05) is 6.54 Å². The number of rotatable bonds is 11. The van der Waals surface area contributed by atoms with E-state index in [1.54, 1.807) is 18.2 Å². The molecule has 0 spiro atoms. The van der Waals surface area contributed by atoms with Gasteiger partial charge in [0.05, 0.1) is 11.1 Å². The lowest BCUT2D eigenvalue weighted by atomic mass is 9.97. The maximum atomic E-state index is 13.1. The maximum Gasteiger partial charge on any atom is 0.387 e. The van der Waals surface area contributed by atoms with Crippen molar-refractivity contribution in [3.05, 3.63) is 28.8 Å². The summed E-state index contributed by atoms with van der Waals surface area (Å²) in [7, 11) is -2.00. The van der Waals surface area contributed by atoms with Crippen LogP contribution in [0, 0.1) is 17.3 Å². The van der Waals surface area contributed by atoms with Gasteiger partial charge in [-0.05, 0) is 60.4 Å². The summed E-state index contributed by atoms with van der Waals surface area (Å²) in [4.78, 5) is 0. The minimum atomic E-state index is -2.90. The van der Waals surface area contributed by atoms with E-state index in [0.29, 0.717) is 28.6 Å². The lowest BCUT2D eigenvalue weighted by Gasteiger charge is -2.35. The van der Waals surface area contributed by atoms with Crippen LogP contribution >= 0.6 is 11.6 Å². The predicted molar refractivity (Wildman–Crippen MR) is 121 cm³/mol. The van der Waals surface area contributed by atoms with E-state index in [1.807, 2.05) is 0 Å². The third-order valence-electron chi connectivity index (χ3n) is 7.83. The smallest absolute Gasteiger partial charge is 0.387 e. The van der Waals surface area contributed by atoms with Crippen LogP contribution in [0.15, 0.2) is 18.2 Å². The van der Waals surface area contributed by atoms with Crippen LogP contribution < -0.4 is 10.1 Å². The first-order valence-corrected chi connectivity index (χ1v) is 14.2. The molecule has 1 N–H and O–H groups in total. The second-order valence-corrected chi connectivity index (χ2v) is 14.6. The quantitative estimate of drug-likeness (QED) is 0.360. The minimum absolute atomic E-state index is 0.117. The summed E-state index contributed by atoms with van der Waals surface area (Å²) in [6, 6.07) is 8.32. The van der Waals surface area contributed by atoms with E-state index >= 15 is 0 Å². The molecule has 0 saturated heterocycles. The van der Waals surface area contributed by atoms with Crippen molar-refractivity contribution in [3.8, 4) is 5.75 Å². The van der Waals surface area contributed by atoms with Gasteiger partial charge in [0, 0.05) is 18.2 Å². The Kier molecular flexibility index (Phi) is 7.53. The monoisotopic (exact) mass is 459 g/mol. The van der Waals surface area contributed by atoms with Crippen LogP contribution in [0.3, 0.4) is 0 Å². The molecular weight excluding hydrogens is 424 g/mol. The molecule has 1 aromatic carbocycles. The molecule has 0 aromatic heterocycles. The molecule has 7 heteroatoms. The summed E-state index contributed by atoms with van der Waals surface area (Å²) in [5, 5.41) is 4.10. The van der Waals surface area contributed by atoms with Crippen molar-refractivity contribution in [1.82, 2.24) is 5.32 Å². The summed E-state index contributed by atoms with van der Waals surface area (Å²) in [5.74, 6) is 1.71. The third kappa shape index (κ3) is 4.87. The Labute approximate surface area is 186 Å². The number of benzene rings is 1. The average molecular weight is 460 g/mol. The summed E-state index contributed by atoms with van der Waals surface area (Å²) in [6.07, 6.45) is 1.94. The highest BCUT2D eigenvalue weighted by molar-refractivity contribution is 6.73. The van der Waals surface area contributed by atoms with Crippen LogP contribution in [0.4, 0.5) is 8.78 Å². The Morgan fingerprint density at radius 1 is 1.13 bits per heavy atom. The van der Waals surface area contributed by atoms with E-state index in [2.05, 4.69) is 39.9 Å². The molecule has 0 bridgehead atoms. The zero-order valence-corrected chi connectivity index (χ0v) is 20.6. The van der Waals surface area contributed by atoms with Crippen LogP contribution in [-0.4, -0.2) is 27.5 Å². The van der Waals surface area contributed by atoms with Crippen LogP contribution in [-0.2, 0) is 4.43 Å². The largest absolute Gasteiger partial charge is 0.434 e. The van der Waals surface area contributed by atoms with Crippen LogP contribution in [0.5, 0.6) is 5.75 Å². The summed E-state index contributed by atoms with van der Waals surface area (Å²) in [5.41, 5.74) is 1.02. The molecular formula is C23H36ClF2NO2Si. The van der Waals surface area contributed by atoms with Crippen LogP contribution in [0.1, 0.15) is 59.1 Å². The van der Waals surface area contributed by atoms with E-state index in [4.69, 9.17) is 20.8 Å². The first-order chi connectivity index (χ1) is 14.2. The van der Waals surface area contributed by atoms with Gasteiger partial charge in [0.2, 0.25) is 0 Å². The normalized spacial score (nSPS) is 26.0. The predicted octanol–water partition coefficient (Wildman–Crippen LogP) is 7.03. The standard InChI is InChI=1S/C23H36ClF2NO2Si/c1-6-30(7-2,8-3)29-20(14-27-15-12-16-17(13-15)23(16,4)5)21-18(24)10-9-11-19(21)28-22(25)26/h9-11,15-17,20,22,27H,6-8,12-14H2,1-5H3. The molecule has 3 nitrogen and oxygen atoms in total. The van der Waals surface area contributed by atoms with Crippen molar-refractivity contribution in [1.29, 1.82) is 0 Å². The van der Waals surface area contributed by atoms with Crippen molar-refractivity contribution in [2.45, 2.75) is 84.3 Å². The van der Waals surface area contributed by atoms with Gasteiger partial charge in [0.25, 0.3) is 0 Å². The highest BCUT2D eigenvalue weighted by Gasteiger charge is 2.61. The van der Waals surface area contributed by atoms with Gasteiger partial charge in [-0.15, -0.1) is 0 Å². The topological polar surface area (TPSA) is 30.5 Å². The molecule has 0 aliphatic heterocycles. The first kappa shape index (κ1) is 24.0. The second-order valence-electron chi connectivity index (χ2n) is 9.49. The fraction of sp³-hybridized carbons (Fsp3) is 0.739. The minimum Gasteiger partial charge on any atom is -0.434 e. The molecule has 0 amide bonds. The third-order valence-corrected chi connectivity index (χ3v) is 12.8.